The van der Waals surface area contributed by atoms with E-state index in [0.717, 1.165) is 12.8 Å². The Morgan fingerprint density at radius 3 is 2.31 bits per heavy atom. The number of nitrogens with zero attached hydrogens (tertiary/aromatic N) is 1. The molecule has 0 aromatic carbocycles. The Bertz CT molecular complexity index is 193. The first-order valence-corrected chi connectivity index (χ1v) is 6.20. The predicted octanol–water partition coefficient (Wildman–Crippen LogP) is 0.981. The average molecular weight is 230 g/mol. The van der Waals surface area contributed by atoms with E-state index >= 15 is 0 Å². The fourth-order valence-electron chi connectivity index (χ4n) is 1.85. The van der Waals surface area contributed by atoms with Gasteiger partial charge < -0.3 is 15.7 Å². The van der Waals surface area contributed by atoms with E-state index in [1.165, 1.54) is 0 Å². The molecule has 0 saturated carbocycles. The molecule has 4 heteroatoms. The van der Waals surface area contributed by atoms with E-state index in [2.05, 4.69) is 13.8 Å². The summed E-state index contributed by atoms with van der Waals surface area (Å²) >= 11 is 0. The Balaban J connectivity index is 4.44. The van der Waals surface area contributed by atoms with E-state index < -0.39 is 0 Å². The number of carbonyl (C=O) groups is 1. The third-order valence-electron chi connectivity index (χ3n) is 2.97. The summed E-state index contributed by atoms with van der Waals surface area (Å²) in [6.07, 6.45) is 2.34. The van der Waals surface area contributed by atoms with Crippen LogP contribution in [0.1, 0.15) is 40.0 Å². The van der Waals surface area contributed by atoms with E-state index in [0.29, 0.717) is 19.5 Å². The number of amides is 1. The van der Waals surface area contributed by atoms with Crippen molar-refractivity contribution in [3.63, 3.8) is 0 Å². The maximum atomic E-state index is 12.0. The summed E-state index contributed by atoms with van der Waals surface area (Å²) in [5.74, 6) is 0.323. The molecule has 0 heterocycles. The van der Waals surface area contributed by atoms with Crippen LogP contribution in [-0.2, 0) is 4.79 Å². The summed E-state index contributed by atoms with van der Waals surface area (Å²) in [7, 11) is 0. The summed E-state index contributed by atoms with van der Waals surface area (Å²) in [6.45, 7) is 7.10. The van der Waals surface area contributed by atoms with E-state index in [9.17, 15) is 4.79 Å². The molecule has 3 N–H and O–H groups in total. The Kier molecular flexibility index (Phi) is 8.21. The van der Waals surface area contributed by atoms with Gasteiger partial charge in [0.05, 0.1) is 6.61 Å². The van der Waals surface area contributed by atoms with Crippen molar-refractivity contribution in [1.82, 2.24) is 4.90 Å². The van der Waals surface area contributed by atoms with Crippen LogP contribution in [0.3, 0.4) is 0 Å². The largest absolute Gasteiger partial charge is 0.395 e. The van der Waals surface area contributed by atoms with Crippen LogP contribution < -0.4 is 5.73 Å². The highest BCUT2D eigenvalue weighted by Crippen LogP contribution is 2.12. The highest BCUT2D eigenvalue weighted by atomic mass is 16.3. The van der Waals surface area contributed by atoms with Crippen LogP contribution in [0.25, 0.3) is 0 Å². The molecular formula is C12H26N2O2. The fourth-order valence-corrected chi connectivity index (χ4v) is 1.85. The molecule has 0 bridgehead atoms. The molecule has 0 aliphatic carbocycles. The molecular weight excluding hydrogens is 204 g/mol. The standard InChI is InChI=1S/C12H26N2O2/c1-4-11(5-2)14(6-7-15)12(16)8-10(3)9-13/h10-11,15H,4-9,13H2,1-3H3. The maximum Gasteiger partial charge on any atom is 0.223 e. The maximum absolute atomic E-state index is 12.0. The van der Waals surface area contributed by atoms with E-state index in [4.69, 9.17) is 10.8 Å². The van der Waals surface area contributed by atoms with E-state index in [-0.39, 0.29) is 24.5 Å². The van der Waals surface area contributed by atoms with Gasteiger partial charge in [0.2, 0.25) is 5.91 Å². The van der Waals surface area contributed by atoms with Gasteiger partial charge in [0.25, 0.3) is 0 Å². The van der Waals surface area contributed by atoms with Gasteiger partial charge >= 0.3 is 0 Å². The van der Waals surface area contributed by atoms with Crippen LogP contribution >= 0.6 is 0 Å². The van der Waals surface area contributed by atoms with Crippen LogP contribution in [0.5, 0.6) is 0 Å². The van der Waals surface area contributed by atoms with Crippen LogP contribution in [0.15, 0.2) is 0 Å². The first kappa shape index (κ1) is 15.4. The zero-order chi connectivity index (χ0) is 12.6. The summed E-state index contributed by atoms with van der Waals surface area (Å²) in [6, 6.07) is 0.240. The number of hydrogen-bond donors (Lipinski definition) is 2. The van der Waals surface area contributed by atoms with Gasteiger partial charge in [-0.15, -0.1) is 0 Å². The van der Waals surface area contributed by atoms with Crippen LogP contribution in [0.4, 0.5) is 0 Å². The lowest BCUT2D eigenvalue weighted by molar-refractivity contribution is -0.135. The molecule has 0 saturated heterocycles. The van der Waals surface area contributed by atoms with Crippen LogP contribution in [0.2, 0.25) is 0 Å². The number of aliphatic hydroxyl groups excluding tert-OH is 1. The molecule has 0 fully saturated rings. The topological polar surface area (TPSA) is 66.6 Å². The summed E-state index contributed by atoms with van der Waals surface area (Å²) in [5, 5.41) is 9.00. The van der Waals surface area contributed by atoms with Gasteiger partial charge in [-0.3, -0.25) is 4.79 Å². The molecule has 0 aromatic rings. The molecule has 0 aliphatic heterocycles. The second-order valence-corrected chi connectivity index (χ2v) is 4.33. The van der Waals surface area contributed by atoms with Crippen LogP contribution in [0, 0.1) is 5.92 Å². The predicted molar refractivity (Wildman–Crippen MR) is 66.0 cm³/mol. The summed E-state index contributed by atoms with van der Waals surface area (Å²) < 4.78 is 0. The second kappa shape index (κ2) is 8.53. The Morgan fingerprint density at radius 1 is 1.38 bits per heavy atom. The lowest BCUT2D eigenvalue weighted by Gasteiger charge is -2.30. The molecule has 96 valence electrons. The third kappa shape index (κ3) is 4.94. The lowest BCUT2D eigenvalue weighted by Crippen LogP contribution is -2.42. The normalized spacial score (nSPS) is 12.9. The van der Waals surface area contributed by atoms with Crippen molar-refractivity contribution < 1.29 is 9.90 Å². The molecule has 4 nitrogen and oxygen atoms in total. The minimum absolute atomic E-state index is 0.0270. The van der Waals surface area contributed by atoms with Crippen molar-refractivity contribution in [2.24, 2.45) is 11.7 Å². The minimum atomic E-state index is 0.0270. The van der Waals surface area contributed by atoms with E-state index in [1.807, 2.05) is 6.92 Å². The SMILES string of the molecule is CCC(CC)N(CCO)C(=O)CC(C)CN. The summed E-state index contributed by atoms with van der Waals surface area (Å²) in [4.78, 5) is 13.8. The second-order valence-electron chi connectivity index (χ2n) is 4.33. The van der Waals surface area contributed by atoms with Gasteiger partial charge in [0.1, 0.15) is 0 Å². The van der Waals surface area contributed by atoms with Crippen molar-refractivity contribution >= 4 is 5.91 Å². The number of carbonyl (C=O) groups excluding carboxylic acids is 1. The number of rotatable bonds is 8. The molecule has 0 spiro atoms. The molecule has 1 atom stereocenters. The lowest BCUT2D eigenvalue weighted by atomic mass is 10.0. The van der Waals surface area contributed by atoms with Crippen molar-refractivity contribution in [1.29, 1.82) is 0 Å². The van der Waals surface area contributed by atoms with Gasteiger partial charge in [-0.2, -0.15) is 0 Å². The van der Waals surface area contributed by atoms with Gasteiger partial charge in [0.15, 0.2) is 0 Å². The highest BCUT2D eigenvalue weighted by molar-refractivity contribution is 5.76. The van der Waals surface area contributed by atoms with Crippen molar-refractivity contribution in [2.75, 3.05) is 19.7 Å². The Hall–Kier alpha value is -0.610. The number of aliphatic hydroxyl groups is 1. The van der Waals surface area contributed by atoms with Gasteiger partial charge in [-0.05, 0) is 25.3 Å². The Morgan fingerprint density at radius 2 is 1.94 bits per heavy atom. The molecule has 0 rings (SSSR count). The molecule has 0 aliphatic rings. The molecule has 1 amide bonds. The Labute approximate surface area is 98.8 Å². The molecule has 1 unspecified atom stereocenters. The fraction of sp³-hybridized carbons (Fsp3) is 0.917. The van der Waals surface area contributed by atoms with Gasteiger partial charge in [-0.1, -0.05) is 20.8 Å². The summed E-state index contributed by atoms with van der Waals surface area (Å²) in [5.41, 5.74) is 5.52. The van der Waals surface area contributed by atoms with Crippen molar-refractivity contribution in [2.45, 2.75) is 46.1 Å². The third-order valence-corrected chi connectivity index (χ3v) is 2.97. The monoisotopic (exact) mass is 230 g/mol. The molecule has 16 heavy (non-hydrogen) atoms. The number of hydrogen-bond acceptors (Lipinski definition) is 3. The van der Waals surface area contributed by atoms with Gasteiger partial charge in [0, 0.05) is 19.0 Å². The quantitative estimate of drug-likeness (QED) is 0.653. The molecule has 0 radical (unpaired) electrons. The zero-order valence-corrected chi connectivity index (χ0v) is 10.8. The zero-order valence-electron chi connectivity index (χ0n) is 10.8. The first-order valence-electron chi connectivity index (χ1n) is 6.20. The molecule has 0 aromatic heterocycles. The highest BCUT2D eigenvalue weighted by Gasteiger charge is 2.21. The van der Waals surface area contributed by atoms with Crippen LogP contribution in [-0.4, -0.2) is 41.7 Å². The number of nitrogens with two attached hydrogens (primary N) is 1. The smallest absolute Gasteiger partial charge is 0.223 e. The van der Waals surface area contributed by atoms with Crippen molar-refractivity contribution in [3.05, 3.63) is 0 Å². The van der Waals surface area contributed by atoms with Gasteiger partial charge in [-0.25, -0.2) is 0 Å². The van der Waals surface area contributed by atoms with Crippen molar-refractivity contribution in [3.8, 4) is 0 Å². The minimum Gasteiger partial charge on any atom is -0.395 e. The first-order chi connectivity index (χ1) is 7.60. The van der Waals surface area contributed by atoms with E-state index in [1.54, 1.807) is 4.90 Å². The average Bonchev–Trinajstić information content (AvgIpc) is 2.29.